The van der Waals surface area contributed by atoms with E-state index in [9.17, 15) is 17.6 Å². The number of alkyl halides is 3. The van der Waals surface area contributed by atoms with E-state index in [4.69, 9.17) is 0 Å². The molecule has 14 heavy (non-hydrogen) atoms. The smallest absolute Gasteiger partial charge is 0.257 e. The second-order valence-electron chi connectivity index (χ2n) is 3.31. The van der Waals surface area contributed by atoms with Gasteiger partial charge in [-0.05, 0) is 5.92 Å². The first-order chi connectivity index (χ1) is 6.31. The lowest BCUT2D eigenvalue weighted by Crippen LogP contribution is -2.21. The van der Waals surface area contributed by atoms with Crippen molar-refractivity contribution in [3.63, 3.8) is 0 Å². The lowest BCUT2D eigenvalue weighted by Gasteiger charge is -2.12. The van der Waals surface area contributed by atoms with Gasteiger partial charge < -0.3 is 0 Å². The molecule has 1 rings (SSSR count). The first-order valence-corrected chi connectivity index (χ1v) is 4.09. The average Bonchev–Trinajstić information content (AvgIpc) is 2.27. The molecule has 6 heteroatoms. The predicted molar refractivity (Wildman–Crippen MR) is 42.3 cm³/mol. The number of hydrogen-bond donors (Lipinski definition) is 0. The number of rotatable bonds is 2. The van der Waals surface area contributed by atoms with Crippen molar-refractivity contribution in [3.05, 3.63) is 17.7 Å². The molecule has 0 aliphatic heterocycles. The quantitative estimate of drug-likeness (QED) is 0.686. The number of nitrogens with zero attached hydrogens (tertiary/aromatic N) is 2. The summed E-state index contributed by atoms with van der Waals surface area (Å²) in [7, 11) is 0. The number of halogens is 4. The Kier molecular flexibility index (Phi) is 2.82. The van der Waals surface area contributed by atoms with Crippen LogP contribution in [-0.4, -0.2) is 16.0 Å². The molecule has 1 heterocycles. The van der Waals surface area contributed by atoms with Gasteiger partial charge in [0.2, 0.25) is 0 Å². The van der Waals surface area contributed by atoms with E-state index in [-0.39, 0.29) is 11.6 Å². The van der Waals surface area contributed by atoms with Crippen LogP contribution in [0.15, 0.2) is 6.20 Å². The van der Waals surface area contributed by atoms with E-state index in [0.29, 0.717) is 4.68 Å². The van der Waals surface area contributed by atoms with Crippen LogP contribution in [0.2, 0.25) is 0 Å². The first-order valence-electron chi connectivity index (χ1n) is 4.09. The molecule has 80 valence electrons. The van der Waals surface area contributed by atoms with Crippen molar-refractivity contribution in [2.75, 3.05) is 0 Å². The maximum atomic E-state index is 13.0. The second-order valence-corrected chi connectivity index (χ2v) is 3.31. The fourth-order valence-corrected chi connectivity index (χ4v) is 1.24. The van der Waals surface area contributed by atoms with Gasteiger partial charge in [0.1, 0.15) is 6.54 Å². The van der Waals surface area contributed by atoms with Crippen LogP contribution in [0.3, 0.4) is 0 Å². The van der Waals surface area contributed by atoms with Gasteiger partial charge >= 0.3 is 6.18 Å². The molecule has 0 atom stereocenters. The SMILES string of the molecule is CC(C)c1c(F)cnn1CC(F)(F)F. The Balaban J connectivity index is 2.98. The zero-order chi connectivity index (χ0) is 10.9. The maximum absolute atomic E-state index is 13.0. The fraction of sp³-hybridized carbons (Fsp3) is 0.625. The molecule has 1 aromatic rings. The van der Waals surface area contributed by atoms with E-state index in [2.05, 4.69) is 5.10 Å². The Morgan fingerprint density at radius 1 is 1.43 bits per heavy atom. The van der Waals surface area contributed by atoms with Gasteiger partial charge in [0.25, 0.3) is 0 Å². The Hall–Kier alpha value is -1.07. The summed E-state index contributed by atoms with van der Waals surface area (Å²) in [5.41, 5.74) is -0.0117. The van der Waals surface area contributed by atoms with Crippen molar-refractivity contribution in [1.29, 1.82) is 0 Å². The number of hydrogen-bond acceptors (Lipinski definition) is 1. The van der Waals surface area contributed by atoms with Gasteiger partial charge in [0.05, 0.1) is 11.9 Å². The topological polar surface area (TPSA) is 17.8 Å². The van der Waals surface area contributed by atoms with E-state index in [0.717, 1.165) is 6.20 Å². The molecule has 0 amide bonds. The standard InChI is InChI=1S/C8H10F4N2/c1-5(2)7-6(9)3-13-14(7)4-8(10,11)12/h3,5H,4H2,1-2H3. The Bertz CT molecular complexity index is 314. The second kappa shape index (κ2) is 3.59. The van der Waals surface area contributed by atoms with Crippen molar-refractivity contribution in [2.24, 2.45) is 0 Å². The fourth-order valence-electron chi connectivity index (χ4n) is 1.24. The molecule has 0 saturated heterocycles. The van der Waals surface area contributed by atoms with E-state index in [1.54, 1.807) is 13.8 Å². The Morgan fingerprint density at radius 2 is 2.00 bits per heavy atom. The van der Waals surface area contributed by atoms with Crippen LogP contribution in [0.4, 0.5) is 17.6 Å². The summed E-state index contributed by atoms with van der Waals surface area (Å²) in [5.74, 6) is -1.01. The lowest BCUT2D eigenvalue weighted by molar-refractivity contribution is -0.143. The highest BCUT2D eigenvalue weighted by molar-refractivity contribution is 5.08. The molecule has 0 aromatic carbocycles. The molecular weight excluding hydrogens is 200 g/mol. The van der Waals surface area contributed by atoms with Gasteiger partial charge in [-0.2, -0.15) is 18.3 Å². The van der Waals surface area contributed by atoms with Crippen LogP contribution in [0, 0.1) is 5.82 Å². The van der Waals surface area contributed by atoms with Crippen molar-refractivity contribution in [2.45, 2.75) is 32.5 Å². The van der Waals surface area contributed by atoms with Crippen LogP contribution < -0.4 is 0 Å². The molecule has 0 N–H and O–H groups in total. The molecule has 0 spiro atoms. The van der Waals surface area contributed by atoms with Gasteiger partial charge in [-0.25, -0.2) is 4.39 Å². The van der Waals surface area contributed by atoms with Crippen molar-refractivity contribution >= 4 is 0 Å². The van der Waals surface area contributed by atoms with Crippen molar-refractivity contribution in [1.82, 2.24) is 9.78 Å². The van der Waals surface area contributed by atoms with Gasteiger partial charge in [-0.1, -0.05) is 13.8 Å². The summed E-state index contributed by atoms with van der Waals surface area (Å²) < 4.78 is 49.7. The molecule has 0 unspecified atom stereocenters. The Morgan fingerprint density at radius 3 is 2.43 bits per heavy atom. The highest BCUT2D eigenvalue weighted by atomic mass is 19.4. The van der Waals surface area contributed by atoms with Crippen LogP contribution in [0.5, 0.6) is 0 Å². The highest BCUT2D eigenvalue weighted by Crippen LogP contribution is 2.23. The first kappa shape index (κ1) is 11.0. The summed E-state index contributed by atoms with van der Waals surface area (Å²) in [6.07, 6.45) is -3.57. The molecule has 2 nitrogen and oxygen atoms in total. The van der Waals surface area contributed by atoms with Gasteiger partial charge in [0, 0.05) is 0 Å². The molecule has 1 aromatic heterocycles. The zero-order valence-electron chi connectivity index (χ0n) is 7.77. The monoisotopic (exact) mass is 210 g/mol. The molecule has 0 bridgehead atoms. The minimum atomic E-state index is -4.37. The minimum Gasteiger partial charge on any atom is -0.257 e. The summed E-state index contributed by atoms with van der Waals surface area (Å²) in [6.45, 7) is 1.99. The largest absolute Gasteiger partial charge is 0.408 e. The molecule has 0 saturated carbocycles. The molecule has 0 aliphatic rings. The molecular formula is C8H10F4N2. The number of aromatic nitrogens is 2. The minimum absolute atomic E-state index is 0.0117. The van der Waals surface area contributed by atoms with E-state index < -0.39 is 18.5 Å². The third-order valence-corrected chi connectivity index (χ3v) is 1.71. The van der Waals surface area contributed by atoms with Crippen molar-refractivity contribution in [3.8, 4) is 0 Å². The van der Waals surface area contributed by atoms with Crippen LogP contribution in [0.25, 0.3) is 0 Å². The van der Waals surface area contributed by atoms with Gasteiger partial charge in [-0.15, -0.1) is 0 Å². The summed E-state index contributed by atoms with van der Waals surface area (Å²) in [4.78, 5) is 0. The third-order valence-electron chi connectivity index (χ3n) is 1.71. The van der Waals surface area contributed by atoms with Crippen LogP contribution in [-0.2, 0) is 6.54 Å². The summed E-state index contributed by atoms with van der Waals surface area (Å²) in [5, 5.41) is 3.34. The molecule has 0 fully saturated rings. The maximum Gasteiger partial charge on any atom is 0.408 e. The molecule has 0 radical (unpaired) electrons. The Labute approximate surface area is 78.5 Å². The van der Waals surface area contributed by atoms with Crippen LogP contribution in [0.1, 0.15) is 25.5 Å². The summed E-state index contributed by atoms with van der Waals surface area (Å²) >= 11 is 0. The third kappa shape index (κ3) is 2.46. The van der Waals surface area contributed by atoms with Gasteiger partial charge in [-0.3, -0.25) is 4.68 Å². The zero-order valence-corrected chi connectivity index (χ0v) is 7.77. The predicted octanol–water partition coefficient (Wildman–Crippen LogP) is 2.71. The van der Waals surface area contributed by atoms with E-state index in [1.165, 1.54) is 0 Å². The van der Waals surface area contributed by atoms with E-state index >= 15 is 0 Å². The van der Waals surface area contributed by atoms with Gasteiger partial charge in [0.15, 0.2) is 5.82 Å². The average molecular weight is 210 g/mol. The molecule has 0 aliphatic carbocycles. The normalized spacial score (nSPS) is 12.5. The van der Waals surface area contributed by atoms with Crippen LogP contribution >= 0.6 is 0 Å². The highest BCUT2D eigenvalue weighted by Gasteiger charge is 2.30. The van der Waals surface area contributed by atoms with E-state index in [1.807, 2.05) is 0 Å². The lowest BCUT2D eigenvalue weighted by atomic mass is 10.1. The van der Waals surface area contributed by atoms with Crippen molar-refractivity contribution < 1.29 is 17.6 Å². The summed E-state index contributed by atoms with van der Waals surface area (Å²) in [6, 6.07) is 0.